The first kappa shape index (κ1) is 27.9. The van der Waals surface area contributed by atoms with Crippen LogP contribution in [-0.4, -0.2) is 30.1 Å². The van der Waals surface area contributed by atoms with Crippen LogP contribution in [0, 0.1) is 5.82 Å². The number of carbonyl (C=O) groups is 1. The van der Waals surface area contributed by atoms with Gasteiger partial charge < -0.3 is 20.1 Å². The molecule has 5 rings (SSSR count). The molecule has 0 aliphatic heterocycles. The normalized spacial score (nSPS) is 11.0. The van der Waals surface area contributed by atoms with Gasteiger partial charge in [-0.25, -0.2) is 14.4 Å². The van der Waals surface area contributed by atoms with Crippen LogP contribution >= 0.6 is 0 Å². The second kappa shape index (κ2) is 13.1. The van der Waals surface area contributed by atoms with Crippen LogP contribution in [0.5, 0.6) is 0 Å². The number of halogens is 1. The van der Waals surface area contributed by atoms with Crippen molar-refractivity contribution in [2.45, 2.75) is 26.3 Å². The van der Waals surface area contributed by atoms with E-state index >= 15 is 0 Å². The monoisotopic (exact) mass is 550 g/mol. The highest BCUT2D eigenvalue weighted by molar-refractivity contribution is 5.94. The van der Waals surface area contributed by atoms with Crippen LogP contribution in [0.2, 0.25) is 0 Å². The van der Waals surface area contributed by atoms with E-state index in [9.17, 15) is 9.18 Å². The van der Waals surface area contributed by atoms with Gasteiger partial charge in [0.05, 0.1) is 18.7 Å². The molecule has 0 unspecified atom stereocenters. The van der Waals surface area contributed by atoms with Crippen molar-refractivity contribution in [3.05, 3.63) is 125 Å². The highest BCUT2D eigenvalue weighted by Gasteiger charge is 2.13. The first-order valence-electron chi connectivity index (χ1n) is 13.2. The number of nitrogens with one attached hydrogen (secondary N) is 2. The van der Waals surface area contributed by atoms with Gasteiger partial charge >= 0.3 is 0 Å². The van der Waals surface area contributed by atoms with E-state index in [2.05, 4.69) is 32.7 Å². The maximum absolute atomic E-state index is 14.8. The van der Waals surface area contributed by atoms with Crippen molar-refractivity contribution in [3.63, 3.8) is 0 Å². The zero-order valence-electron chi connectivity index (χ0n) is 23.0. The van der Waals surface area contributed by atoms with Crippen molar-refractivity contribution in [2.75, 3.05) is 19.5 Å². The molecule has 0 radical (unpaired) electrons. The number of rotatable bonds is 11. The van der Waals surface area contributed by atoms with Gasteiger partial charge in [-0.15, -0.1) is 0 Å². The molecule has 0 saturated carbocycles. The van der Waals surface area contributed by atoms with Crippen molar-refractivity contribution in [3.8, 4) is 11.1 Å². The topological polar surface area (TPSA) is 85.4 Å². The zero-order chi connectivity index (χ0) is 28.6. The third-order valence-electron chi connectivity index (χ3n) is 6.82. The molecule has 8 heteroatoms. The minimum absolute atomic E-state index is 0.0402. The van der Waals surface area contributed by atoms with Gasteiger partial charge in [0.2, 0.25) is 0 Å². The zero-order valence-corrected chi connectivity index (χ0v) is 23.0. The maximum atomic E-state index is 14.8. The number of anilines is 1. The summed E-state index contributed by atoms with van der Waals surface area (Å²) in [6, 6.07) is 26.2. The van der Waals surface area contributed by atoms with E-state index in [0.29, 0.717) is 30.9 Å². The molecule has 208 valence electrons. The molecular weight excluding hydrogens is 519 g/mol. The molecule has 5 aromatic rings. The van der Waals surface area contributed by atoms with E-state index in [0.717, 1.165) is 44.5 Å². The third-order valence-corrected chi connectivity index (χ3v) is 6.82. The fourth-order valence-electron chi connectivity index (χ4n) is 4.68. The van der Waals surface area contributed by atoms with Crippen LogP contribution in [0.4, 0.5) is 10.2 Å². The van der Waals surface area contributed by atoms with Crippen LogP contribution in [-0.2, 0) is 35.8 Å². The minimum atomic E-state index is -0.390. The summed E-state index contributed by atoms with van der Waals surface area (Å²) in [5, 5.41) is 7.11. The number of methoxy groups -OCH3 is 2. The molecule has 0 saturated heterocycles. The molecule has 4 aromatic carbocycles. The Bertz CT molecular complexity index is 1660. The Labute approximate surface area is 238 Å². The van der Waals surface area contributed by atoms with E-state index in [4.69, 9.17) is 9.47 Å². The number of carbonyl (C=O) groups excluding carboxylic acids is 1. The Kier molecular flexibility index (Phi) is 8.93. The third kappa shape index (κ3) is 6.74. The molecule has 0 atom stereocenters. The molecule has 1 heterocycles. The Morgan fingerprint density at radius 3 is 2.34 bits per heavy atom. The fourth-order valence-corrected chi connectivity index (χ4v) is 4.68. The summed E-state index contributed by atoms with van der Waals surface area (Å²) in [4.78, 5) is 21.8. The van der Waals surface area contributed by atoms with Crippen molar-refractivity contribution < 1.29 is 18.7 Å². The summed E-state index contributed by atoms with van der Waals surface area (Å²) >= 11 is 0. The molecule has 0 bridgehead atoms. The van der Waals surface area contributed by atoms with Crippen molar-refractivity contribution in [1.82, 2.24) is 15.3 Å². The Balaban J connectivity index is 1.34. The summed E-state index contributed by atoms with van der Waals surface area (Å²) in [7, 11) is 3.22. The summed E-state index contributed by atoms with van der Waals surface area (Å²) in [6.07, 6.45) is 1.54. The number of nitrogens with zero attached hydrogens (tertiary/aromatic N) is 2. The number of amides is 1. The average Bonchev–Trinajstić information content (AvgIpc) is 3.01. The molecule has 0 fully saturated rings. The summed E-state index contributed by atoms with van der Waals surface area (Å²) in [6.45, 7) is 1.44. The molecule has 0 aliphatic rings. The Hall–Kier alpha value is -4.66. The van der Waals surface area contributed by atoms with Gasteiger partial charge in [0.15, 0.2) is 0 Å². The van der Waals surface area contributed by atoms with Gasteiger partial charge in [-0.2, -0.15) is 0 Å². The lowest BCUT2D eigenvalue weighted by Crippen LogP contribution is -2.23. The highest BCUT2D eigenvalue weighted by Crippen LogP contribution is 2.28. The molecule has 7 nitrogen and oxygen atoms in total. The predicted octanol–water partition coefficient (Wildman–Crippen LogP) is 6.27. The van der Waals surface area contributed by atoms with Gasteiger partial charge in [0.25, 0.3) is 5.91 Å². The number of aromatic nitrogens is 2. The van der Waals surface area contributed by atoms with Crippen LogP contribution in [0.25, 0.3) is 22.0 Å². The van der Waals surface area contributed by atoms with Crippen LogP contribution in [0.1, 0.15) is 32.6 Å². The molecule has 41 heavy (non-hydrogen) atoms. The van der Waals surface area contributed by atoms with Crippen LogP contribution in [0.15, 0.2) is 91.3 Å². The largest absolute Gasteiger partial charge is 0.380 e. The second-order valence-electron chi connectivity index (χ2n) is 9.63. The van der Waals surface area contributed by atoms with Gasteiger partial charge in [0.1, 0.15) is 18.0 Å². The predicted molar refractivity (Wildman–Crippen MR) is 158 cm³/mol. The quantitative estimate of drug-likeness (QED) is 0.202. The van der Waals surface area contributed by atoms with Crippen LogP contribution < -0.4 is 10.6 Å². The number of hydrogen-bond acceptors (Lipinski definition) is 6. The molecule has 0 aliphatic carbocycles. The van der Waals surface area contributed by atoms with Crippen molar-refractivity contribution in [1.29, 1.82) is 0 Å². The van der Waals surface area contributed by atoms with Gasteiger partial charge in [0, 0.05) is 43.8 Å². The lowest BCUT2D eigenvalue weighted by molar-refractivity contribution is 0.0950. The number of benzene rings is 4. The van der Waals surface area contributed by atoms with E-state index in [1.807, 2.05) is 42.5 Å². The molecular formula is C33H31FN4O3. The van der Waals surface area contributed by atoms with E-state index in [-0.39, 0.29) is 18.3 Å². The van der Waals surface area contributed by atoms with Gasteiger partial charge in [-0.05, 0) is 64.2 Å². The van der Waals surface area contributed by atoms with E-state index in [1.54, 1.807) is 38.5 Å². The first-order chi connectivity index (χ1) is 20.1. The average molecular weight is 551 g/mol. The molecule has 1 aromatic heterocycles. The number of hydrogen-bond donors (Lipinski definition) is 2. The SMILES string of the molecule is COCc1ccc(C(=O)NCc2cc(-c3ccc4ncnc(NCc5ccccc5)c4c3)ccc2F)cc1COC. The molecule has 2 N–H and O–H groups in total. The number of ether oxygens (including phenoxy) is 2. The standard InChI is InChI=1S/C33H31FN4O3/c1-40-19-26-9-8-25(15-28(26)20-41-2)33(39)36-18-27-14-23(10-12-30(27)34)24-11-13-31-29(16-24)32(38-21-37-31)35-17-22-6-4-3-5-7-22/h3-16,21H,17-20H2,1-2H3,(H,36,39)(H,35,37,38). The van der Waals surface area contributed by atoms with Gasteiger partial charge in [-0.3, -0.25) is 4.79 Å². The summed E-state index contributed by atoms with van der Waals surface area (Å²) in [5.41, 5.74) is 6.33. The minimum Gasteiger partial charge on any atom is -0.380 e. The summed E-state index contributed by atoms with van der Waals surface area (Å²) in [5.74, 6) is 0.0340. The maximum Gasteiger partial charge on any atom is 0.251 e. The Morgan fingerprint density at radius 1 is 0.780 bits per heavy atom. The molecule has 1 amide bonds. The van der Waals surface area contributed by atoms with E-state index in [1.165, 1.54) is 12.4 Å². The lowest BCUT2D eigenvalue weighted by Gasteiger charge is -2.13. The van der Waals surface area contributed by atoms with E-state index < -0.39 is 0 Å². The van der Waals surface area contributed by atoms with Crippen LogP contribution in [0.3, 0.4) is 0 Å². The fraction of sp³-hybridized carbons (Fsp3) is 0.182. The Morgan fingerprint density at radius 2 is 1.54 bits per heavy atom. The van der Waals surface area contributed by atoms with Crippen molar-refractivity contribution in [2.24, 2.45) is 0 Å². The highest BCUT2D eigenvalue weighted by atomic mass is 19.1. The second-order valence-corrected chi connectivity index (χ2v) is 9.63. The number of fused-ring (bicyclic) bond motifs is 1. The lowest BCUT2D eigenvalue weighted by atomic mass is 10.0. The summed E-state index contributed by atoms with van der Waals surface area (Å²) < 4.78 is 25.3. The smallest absolute Gasteiger partial charge is 0.251 e. The van der Waals surface area contributed by atoms with Crippen molar-refractivity contribution >= 4 is 22.6 Å². The first-order valence-corrected chi connectivity index (χ1v) is 13.2. The molecule has 0 spiro atoms. The van der Waals surface area contributed by atoms with Gasteiger partial charge in [-0.1, -0.05) is 48.5 Å².